The smallest absolute Gasteiger partial charge is 0.127 e. The van der Waals surface area contributed by atoms with Crippen LogP contribution in [0.1, 0.15) is 45.1 Å². The van der Waals surface area contributed by atoms with E-state index in [1.165, 1.54) is 25.7 Å². The van der Waals surface area contributed by atoms with Gasteiger partial charge in [0.1, 0.15) is 5.82 Å². The summed E-state index contributed by atoms with van der Waals surface area (Å²) in [7, 11) is 0. The molecule has 1 aromatic rings. The van der Waals surface area contributed by atoms with Crippen molar-refractivity contribution in [3.8, 4) is 6.07 Å². The first-order valence-electron chi connectivity index (χ1n) is 6.81. The first-order valence-corrected chi connectivity index (χ1v) is 6.81. The molecule has 0 spiro atoms. The Morgan fingerprint density at radius 1 is 1.33 bits per heavy atom. The van der Waals surface area contributed by atoms with Crippen LogP contribution in [0.25, 0.3) is 0 Å². The molecule has 0 saturated heterocycles. The molecule has 0 unspecified atom stereocenters. The minimum atomic E-state index is 0.515. The SMILES string of the molecule is CC(C)[C@H]1CC[C@@H](Nc2cc(C#N)ccn2)CC1. The van der Waals surface area contributed by atoms with E-state index in [-0.39, 0.29) is 0 Å². The van der Waals surface area contributed by atoms with Crippen molar-refractivity contribution in [2.45, 2.75) is 45.6 Å². The number of anilines is 1. The van der Waals surface area contributed by atoms with Gasteiger partial charge in [-0.25, -0.2) is 4.98 Å². The lowest BCUT2D eigenvalue weighted by Crippen LogP contribution is -2.28. The number of rotatable bonds is 3. The Hall–Kier alpha value is -1.56. The number of nitrogens with zero attached hydrogens (tertiary/aromatic N) is 2. The molecule has 3 nitrogen and oxygen atoms in total. The van der Waals surface area contributed by atoms with Crippen molar-refractivity contribution >= 4 is 5.82 Å². The Bertz CT molecular complexity index is 426. The molecular weight excluding hydrogens is 222 g/mol. The molecule has 3 heteroatoms. The molecule has 0 radical (unpaired) electrons. The normalized spacial score (nSPS) is 23.7. The molecule has 1 fully saturated rings. The van der Waals surface area contributed by atoms with Gasteiger partial charge in [-0.15, -0.1) is 0 Å². The van der Waals surface area contributed by atoms with Gasteiger partial charge in [-0.1, -0.05) is 13.8 Å². The van der Waals surface area contributed by atoms with Crippen molar-refractivity contribution in [1.29, 1.82) is 5.26 Å². The standard InChI is InChI=1S/C15H21N3/c1-11(2)13-3-5-14(6-4-13)18-15-9-12(10-16)7-8-17-15/h7-9,11,13-14H,3-6H2,1-2H3,(H,17,18)/t13-,14+. The lowest BCUT2D eigenvalue weighted by atomic mass is 9.80. The number of hydrogen-bond donors (Lipinski definition) is 1. The Kier molecular flexibility index (Phi) is 4.19. The molecule has 0 aliphatic heterocycles. The van der Waals surface area contributed by atoms with Crippen LogP contribution in [-0.4, -0.2) is 11.0 Å². The molecule has 96 valence electrons. The van der Waals surface area contributed by atoms with Gasteiger partial charge in [-0.05, 0) is 49.7 Å². The zero-order chi connectivity index (χ0) is 13.0. The summed E-state index contributed by atoms with van der Waals surface area (Å²) >= 11 is 0. The Morgan fingerprint density at radius 3 is 2.67 bits per heavy atom. The molecule has 1 aromatic heterocycles. The summed E-state index contributed by atoms with van der Waals surface area (Å²) in [6.45, 7) is 4.63. The quantitative estimate of drug-likeness (QED) is 0.882. The van der Waals surface area contributed by atoms with Gasteiger partial charge < -0.3 is 5.32 Å². The molecule has 0 amide bonds. The summed E-state index contributed by atoms with van der Waals surface area (Å²) in [5, 5.41) is 12.3. The van der Waals surface area contributed by atoms with Crippen molar-refractivity contribution < 1.29 is 0 Å². The van der Waals surface area contributed by atoms with Crippen LogP contribution in [0, 0.1) is 23.2 Å². The summed E-state index contributed by atoms with van der Waals surface area (Å²) < 4.78 is 0. The van der Waals surface area contributed by atoms with Crippen LogP contribution in [-0.2, 0) is 0 Å². The maximum atomic E-state index is 8.86. The van der Waals surface area contributed by atoms with Crippen LogP contribution >= 0.6 is 0 Å². The summed E-state index contributed by atoms with van der Waals surface area (Å²) in [6.07, 6.45) is 6.71. The average molecular weight is 243 g/mol. The third-order valence-corrected chi connectivity index (χ3v) is 3.96. The zero-order valence-corrected chi connectivity index (χ0v) is 11.2. The lowest BCUT2D eigenvalue weighted by molar-refractivity contribution is 0.266. The molecule has 1 heterocycles. The van der Waals surface area contributed by atoms with E-state index in [1.807, 2.05) is 6.07 Å². The number of aromatic nitrogens is 1. The second kappa shape index (κ2) is 5.86. The Balaban J connectivity index is 1.90. The van der Waals surface area contributed by atoms with E-state index in [0.29, 0.717) is 11.6 Å². The average Bonchev–Trinajstić information content (AvgIpc) is 2.39. The van der Waals surface area contributed by atoms with Gasteiger partial charge in [0.2, 0.25) is 0 Å². The summed E-state index contributed by atoms with van der Waals surface area (Å²) in [4.78, 5) is 4.27. The monoisotopic (exact) mass is 243 g/mol. The molecule has 1 aliphatic rings. The van der Waals surface area contributed by atoms with Gasteiger partial charge >= 0.3 is 0 Å². The molecular formula is C15H21N3. The highest BCUT2D eigenvalue weighted by Gasteiger charge is 2.23. The molecule has 0 atom stereocenters. The van der Waals surface area contributed by atoms with Crippen molar-refractivity contribution in [2.24, 2.45) is 11.8 Å². The number of nitriles is 1. The van der Waals surface area contributed by atoms with E-state index in [9.17, 15) is 0 Å². The largest absolute Gasteiger partial charge is 0.367 e. The summed E-state index contributed by atoms with van der Waals surface area (Å²) in [5.74, 6) is 2.51. The minimum absolute atomic E-state index is 0.515. The number of nitrogens with one attached hydrogen (secondary N) is 1. The fourth-order valence-corrected chi connectivity index (χ4v) is 2.72. The highest BCUT2D eigenvalue weighted by molar-refractivity contribution is 5.43. The third-order valence-electron chi connectivity index (χ3n) is 3.96. The van der Waals surface area contributed by atoms with Gasteiger partial charge in [-0.2, -0.15) is 5.26 Å². The fraction of sp³-hybridized carbons (Fsp3) is 0.600. The first-order chi connectivity index (χ1) is 8.69. The van der Waals surface area contributed by atoms with E-state index < -0.39 is 0 Å². The Morgan fingerprint density at radius 2 is 2.06 bits per heavy atom. The van der Waals surface area contributed by atoms with Crippen molar-refractivity contribution in [3.63, 3.8) is 0 Å². The highest BCUT2D eigenvalue weighted by atomic mass is 15.0. The van der Waals surface area contributed by atoms with Gasteiger partial charge in [0.15, 0.2) is 0 Å². The molecule has 1 aliphatic carbocycles. The van der Waals surface area contributed by atoms with E-state index in [4.69, 9.17) is 5.26 Å². The second-order valence-electron chi connectivity index (χ2n) is 5.54. The van der Waals surface area contributed by atoms with E-state index in [0.717, 1.165) is 17.7 Å². The van der Waals surface area contributed by atoms with E-state index in [2.05, 4.69) is 30.2 Å². The van der Waals surface area contributed by atoms with Crippen LogP contribution in [0.3, 0.4) is 0 Å². The van der Waals surface area contributed by atoms with Gasteiger partial charge in [0, 0.05) is 12.2 Å². The predicted molar refractivity (Wildman–Crippen MR) is 73.2 cm³/mol. The van der Waals surface area contributed by atoms with Gasteiger partial charge in [-0.3, -0.25) is 0 Å². The first kappa shape index (κ1) is 12.9. The van der Waals surface area contributed by atoms with Gasteiger partial charge in [0.25, 0.3) is 0 Å². The number of hydrogen-bond acceptors (Lipinski definition) is 3. The molecule has 1 saturated carbocycles. The maximum Gasteiger partial charge on any atom is 0.127 e. The maximum absolute atomic E-state index is 8.86. The topological polar surface area (TPSA) is 48.7 Å². The van der Waals surface area contributed by atoms with Crippen molar-refractivity contribution in [3.05, 3.63) is 23.9 Å². The van der Waals surface area contributed by atoms with Crippen LogP contribution in [0.2, 0.25) is 0 Å². The molecule has 18 heavy (non-hydrogen) atoms. The molecule has 0 bridgehead atoms. The van der Waals surface area contributed by atoms with Crippen LogP contribution in [0.4, 0.5) is 5.82 Å². The van der Waals surface area contributed by atoms with E-state index >= 15 is 0 Å². The molecule has 0 aromatic carbocycles. The Labute approximate surface area is 109 Å². The lowest BCUT2D eigenvalue weighted by Gasteiger charge is -2.31. The summed E-state index contributed by atoms with van der Waals surface area (Å²) in [6, 6.07) is 6.23. The van der Waals surface area contributed by atoms with Gasteiger partial charge in [0.05, 0.1) is 11.6 Å². The van der Waals surface area contributed by atoms with Crippen LogP contribution < -0.4 is 5.32 Å². The second-order valence-corrected chi connectivity index (χ2v) is 5.54. The number of pyridine rings is 1. The van der Waals surface area contributed by atoms with E-state index in [1.54, 1.807) is 12.3 Å². The summed E-state index contributed by atoms with van der Waals surface area (Å²) in [5.41, 5.74) is 0.670. The molecule has 2 rings (SSSR count). The highest BCUT2D eigenvalue weighted by Crippen LogP contribution is 2.31. The fourth-order valence-electron chi connectivity index (χ4n) is 2.72. The van der Waals surface area contributed by atoms with Crippen LogP contribution in [0.15, 0.2) is 18.3 Å². The van der Waals surface area contributed by atoms with Crippen molar-refractivity contribution in [2.75, 3.05) is 5.32 Å². The zero-order valence-electron chi connectivity index (χ0n) is 11.2. The minimum Gasteiger partial charge on any atom is -0.367 e. The molecule has 1 N–H and O–H groups in total. The third kappa shape index (κ3) is 3.22. The van der Waals surface area contributed by atoms with Crippen LogP contribution in [0.5, 0.6) is 0 Å². The predicted octanol–water partition coefficient (Wildman–Crippen LogP) is 3.58. The van der Waals surface area contributed by atoms with Crippen molar-refractivity contribution in [1.82, 2.24) is 4.98 Å².